The van der Waals surface area contributed by atoms with Crippen LogP contribution in [0.1, 0.15) is 30.7 Å². The summed E-state index contributed by atoms with van der Waals surface area (Å²) in [5.41, 5.74) is 1.70. The van der Waals surface area contributed by atoms with Gasteiger partial charge in [0.25, 0.3) is 0 Å². The standard InChI is InChI=1S/C12H18N2O3/c1-8-11(9(2)14(3)13-8)17-7-12(4-5-12)6-10(15)16/h4-7H2,1-3H3,(H,15,16). The van der Waals surface area contributed by atoms with E-state index >= 15 is 0 Å². The number of aromatic nitrogens is 2. The van der Waals surface area contributed by atoms with Crippen molar-refractivity contribution in [3.05, 3.63) is 11.4 Å². The number of hydrogen-bond donors (Lipinski definition) is 1. The van der Waals surface area contributed by atoms with E-state index in [2.05, 4.69) is 5.10 Å². The van der Waals surface area contributed by atoms with E-state index in [1.165, 1.54) is 0 Å². The van der Waals surface area contributed by atoms with Crippen LogP contribution in [0.5, 0.6) is 5.75 Å². The van der Waals surface area contributed by atoms with Gasteiger partial charge in [-0.15, -0.1) is 0 Å². The van der Waals surface area contributed by atoms with Gasteiger partial charge in [-0.05, 0) is 26.7 Å². The monoisotopic (exact) mass is 238 g/mol. The third-order valence-corrected chi connectivity index (χ3v) is 3.45. The van der Waals surface area contributed by atoms with Gasteiger partial charge in [-0.2, -0.15) is 5.10 Å². The van der Waals surface area contributed by atoms with E-state index in [4.69, 9.17) is 9.84 Å². The van der Waals surface area contributed by atoms with Crippen LogP contribution in [-0.2, 0) is 11.8 Å². The molecule has 0 unspecified atom stereocenters. The Morgan fingerprint density at radius 3 is 2.59 bits per heavy atom. The normalized spacial score (nSPS) is 16.9. The molecule has 1 saturated carbocycles. The second-order valence-corrected chi connectivity index (χ2v) is 4.98. The topological polar surface area (TPSA) is 64.4 Å². The molecule has 0 amide bonds. The summed E-state index contributed by atoms with van der Waals surface area (Å²) < 4.78 is 7.55. The van der Waals surface area contributed by atoms with Crippen molar-refractivity contribution in [2.24, 2.45) is 12.5 Å². The second-order valence-electron chi connectivity index (χ2n) is 4.98. The summed E-state index contributed by atoms with van der Waals surface area (Å²) >= 11 is 0. The van der Waals surface area contributed by atoms with Gasteiger partial charge in [0.05, 0.1) is 18.7 Å². The van der Waals surface area contributed by atoms with Gasteiger partial charge in [-0.3, -0.25) is 9.48 Å². The molecule has 1 heterocycles. The number of hydrogen-bond acceptors (Lipinski definition) is 3. The van der Waals surface area contributed by atoms with Crippen molar-refractivity contribution < 1.29 is 14.6 Å². The van der Waals surface area contributed by atoms with E-state index in [1.54, 1.807) is 4.68 Å². The molecule has 1 N–H and O–H groups in total. The van der Waals surface area contributed by atoms with Gasteiger partial charge < -0.3 is 9.84 Å². The number of carboxylic acid groups (broad SMARTS) is 1. The maximum atomic E-state index is 10.7. The third-order valence-electron chi connectivity index (χ3n) is 3.45. The van der Waals surface area contributed by atoms with Crippen LogP contribution in [0, 0.1) is 19.3 Å². The zero-order valence-corrected chi connectivity index (χ0v) is 10.5. The molecule has 1 aliphatic carbocycles. The molecular formula is C12H18N2O3. The van der Waals surface area contributed by atoms with Crippen molar-refractivity contribution >= 4 is 5.97 Å². The van der Waals surface area contributed by atoms with Crippen LogP contribution in [0.2, 0.25) is 0 Å². The lowest BCUT2D eigenvalue weighted by Gasteiger charge is -2.14. The molecule has 5 heteroatoms. The maximum absolute atomic E-state index is 10.7. The van der Waals surface area contributed by atoms with Crippen molar-refractivity contribution in [1.82, 2.24) is 9.78 Å². The highest BCUT2D eigenvalue weighted by atomic mass is 16.5. The molecule has 1 aromatic rings. The summed E-state index contributed by atoms with van der Waals surface area (Å²) in [6, 6.07) is 0. The van der Waals surface area contributed by atoms with E-state index < -0.39 is 5.97 Å². The molecule has 0 saturated heterocycles. The van der Waals surface area contributed by atoms with Crippen LogP contribution in [0.15, 0.2) is 0 Å². The first-order valence-corrected chi connectivity index (χ1v) is 5.78. The number of aryl methyl sites for hydroxylation is 2. The van der Waals surface area contributed by atoms with Crippen molar-refractivity contribution in [2.75, 3.05) is 6.61 Å². The molecule has 17 heavy (non-hydrogen) atoms. The second kappa shape index (κ2) is 4.05. The highest BCUT2D eigenvalue weighted by Crippen LogP contribution is 2.49. The number of nitrogens with zero attached hydrogens (tertiary/aromatic N) is 2. The summed E-state index contributed by atoms with van der Waals surface area (Å²) in [6.07, 6.45) is 2.08. The molecule has 5 nitrogen and oxygen atoms in total. The summed E-state index contributed by atoms with van der Waals surface area (Å²) in [4.78, 5) is 10.7. The van der Waals surface area contributed by atoms with Crippen molar-refractivity contribution in [2.45, 2.75) is 33.1 Å². The molecule has 0 spiro atoms. The van der Waals surface area contributed by atoms with Gasteiger partial charge in [-0.25, -0.2) is 0 Å². The van der Waals surface area contributed by atoms with Crippen molar-refractivity contribution in [1.29, 1.82) is 0 Å². The number of carbonyl (C=O) groups is 1. The maximum Gasteiger partial charge on any atom is 0.304 e. The third kappa shape index (κ3) is 2.43. The Labute approximate surface area is 100 Å². The van der Waals surface area contributed by atoms with Gasteiger partial charge >= 0.3 is 5.97 Å². The number of ether oxygens (including phenoxy) is 1. The zero-order valence-electron chi connectivity index (χ0n) is 10.5. The number of carboxylic acids is 1. The highest BCUT2D eigenvalue weighted by Gasteiger charge is 2.45. The Balaban J connectivity index is 2.01. The summed E-state index contributed by atoms with van der Waals surface area (Å²) in [6.45, 7) is 4.33. The average Bonchev–Trinajstić information content (AvgIpc) is 2.91. The van der Waals surface area contributed by atoms with Gasteiger partial charge in [0, 0.05) is 12.5 Å². The SMILES string of the molecule is Cc1nn(C)c(C)c1OCC1(CC(=O)O)CC1. The van der Waals surface area contributed by atoms with E-state index in [9.17, 15) is 4.79 Å². The minimum absolute atomic E-state index is 0.138. The smallest absolute Gasteiger partial charge is 0.304 e. The number of aliphatic carboxylic acids is 1. The highest BCUT2D eigenvalue weighted by molar-refractivity contribution is 5.68. The lowest BCUT2D eigenvalue weighted by Crippen LogP contribution is -2.17. The zero-order chi connectivity index (χ0) is 12.6. The van der Waals surface area contributed by atoms with Gasteiger partial charge in [0.2, 0.25) is 0 Å². The predicted octanol–water partition coefficient (Wildman–Crippen LogP) is 1.67. The molecule has 0 aliphatic heterocycles. The summed E-state index contributed by atoms with van der Waals surface area (Å²) in [5, 5.41) is 13.1. The van der Waals surface area contributed by atoms with Crippen LogP contribution < -0.4 is 4.74 Å². The van der Waals surface area contributed by atoms with E-state index in [-0.39, 0.29) is 11.8 Å². The molecule has 1 aliphatic rings. The minimum Gasteiger partial charge on any atom is -0.489 e. The number of rotatable bonds is 5. The minimum atomic E-state index is -0.745. The fourth-order valence-corrected chi connectivity index (χ4v) is 2.06. The molecule has 0 radical (unpaired) electrons. The lowest BCUT2D eigenvalue weighted by molar-refractivity contribution is -0.138. The fourth-order valence-electron chi connectivity index (χ4n) is 2.06. The molecule has 94 valence electrons. The van der Waals surface area contributed by atoms with Crippen molar-refractivity contribution in [3.8, 4) is 5.75 Å². The van der Waals surface area contributed by atoms with Crippen LogP contribution in [0.4, 0.5) is 0 Å². The van der Waals surface area contributed by atoms with E-state index in [1.807, 2.05) is 20.9 Å². The Bertz CT molecular complexity index is 447. The van der Waals surface area contributed by atoms with Crippen LogP contribution in [0.25, 0.3) is 0 Å². The van der Waals surface area contributed by atoms with Crippen LogP contribution in [0.3, 0.4) is 0 Å². The molecule has 1 fully saturated rings. The lowest BCUT2D eigenvalue weighted by atomic mass is 10.0. The predicted molar refractivity (Wildman–Crippen MR) is 62.1 cm³/mol. The van der Waals surface area contributed by atoms with Gasteiger partial charge in [-0.1, -0.05) is 0 Å². The summed E-state index contributed by atoms with van der Waals surface area (Å²) in [5.74, 6) is 0.0508. The molecule has 0 atom stereocenters. The Morgan fingerprint density at radius 1 is 1.53 bits per heavy atom. The molecule has 2 rings (SSSR count). The first-order chi connectivity index (χ1) is 7.93. The Morgan fingerprint density at radius 2 is 2.18 bits per heavy atom. The van der Waals surface area contributed by atoms with Crippen LogP contribution >= 0.6 is 0 Å². The van der Waals surface area contributed by atoms with E-state index in [0.717, 1.165) is 30.0 Å². The molecule has 0 bridgehead atoms. The van der Waals surface area contributed by atoms with E-state index in [0.29, 0.717) is 6.61 Å². The summed E-state index contributed by atoms with van der Waals surface area (Å²) in [7, 11) is 1.87. The first kappa shape index (κ1) is 12.0. The van der Waals surface area contributed by atoms with Gasteiger partial charge in [0.1, 0.15) is 5.69 Å². The Kier molecular flexibility index (Phi) is 2.85. The van der Waals surface area contributed by atoms with Gasteiger partial charge in [0.15, 0.2) is 5.75 Å². The van der Waals surface area contributed by atoms with Crippen molar-refractivity contribution in [3.63, 3.8) is 0 Å². The van der Waals surface area contributed by atoms with Crippen LogP contribution in [-0.4, -0.2) is 27.5 Å². The molecule has 0 aromatic carbocycles. The molecule has 1 aromatic heterocycles. The Hall–Kier alpha value is -1.52. The molecular weight excluding hydrogens is 220 g/mol. The fraction of sp³-hybridized carbons (Fsp3) is 0.667. The quantitative estimate of drug-likeness (QED) is 0.847. The first-order valence-electron chi connectivity index (χ1n) is 5.78. The largest absolute Gasteiger partial charge is 0.489 e. The average molecular weight is 238 g/mol.